The van der Waals surface area contributed by atoms with E-state index in [2.05, 4.69) is 41.8 Å². The van der Waals surface area contributed by atoms with E-state index in [0.717, 1.165) is 45.9 Å². The second-order valence-corrected chi connectivity index (χ2v) is 18.4. The minimum Gasteiger partial charge on any atom is -0.507 e. The smallest absolute Gasteiger partial charge is 0.258 e. The molecule has 316 valence electrons. The number of amides is 3. The van der Waals surface area contributed by atoms with Crippen LogP contribution in [0.25, 0.3) is 32.7 Å². The average molecular weight is 839 g/mol. The number of phenolic OH excluding ortho intramolecular Hbond substituents is 1. The molecule has 3 aromatic heterocycles. The number of aromatic hydroxyl groups is 1. The molecule has 2 aromatic carbocycles. The van der Waals surface area contributed by atoms with Gasteiger partial charge in [0.1, 0.15) is 29.7 Å². The Morgan fingerprint density at radius 2 is 1.82 bits per heavy atom. The van der Waals surface area contributed by atoms with Gasteiger partial charge in [-0.3, -0.25) is 19.3 Å². The third kappa shape index (κ3) is 8.07. The van der Waals surface area contributed by atoms with Crippen molar-refractivity contribution in [3.8, 4) is 33.2 Å². The Labute approximate surface area is 351 Å². The van der Waals surface area contributed by atoms with Gasteiger partial charge in [-0.05, 0) is 68.0 Å². The molecule has 1 aliphatic carbocycles. The number of aromatic amines is 1. The summed E-state index contributed by atoms with van der Waals surface area (Å²) in [4.78, 5) is 53.4. The van der Waals surface area contributed by atoms with Crippen LogP contribution < -0.4 is 15.4 Å². The zero-order chi connectivity index (χ0) is 42.6. The summed E-state index contributed by atoms with van der Waals surface area (Å²) in [6, 6.07) is 15.9. The predicted octanol–water partition coefficient (Wildman–Crippen LogP) is 5.24. The molecule has 2 aliphatic heterocycles. The first kappa shape index (κ1) is 41.3. The molecule has 1 saturated carbocycles. The molecule has 0 unspecified atom stereocenters. The molecule has 5 heterocycles. The lowest BCUT2D eigenvalue weighted by atomic mass is 9.73. The van der Waals surface area contributed by atoms with E-state index in [1.165, 1.54) is 16.2 Å². The first-order chi connectivity index (χ1) is 28.5. The number of ether oxygens (including phenoxy) is 1. The van der Waals surface area contributed by atoms with Crippen molar-refractivity contribution in [2.24, 2.45) is 5.41 Å². The number of likely N-dealkylation sites (tertiary alicyclic amines) is 2. The number of halogens is 1. The monoisotopic (exact) mass is 838 g/mol. The third-order valence-corrected chi connectivity index (χ3v) is 13.4. The van der Waals surface area contributed by atoms with E-state index in [9.17, 15) is 29.0 Å². The van der Waals surface area contributed by atoms with Crippen molar-refractivity contribution in [3.63, 3.8) is 0 Å². The second kappa shape index (κ2) is 15.9. The van der Waals surface area contributed by atoms with Gasteiger partial charge in [0.2, 0.25) is 11.8 Å². The molecule has 5 N–H and O–H groups in total. The fourth-order valence-corrected chi connectivity index (χ4v) is 8.70. The number of hydrogen-bond donors (Lipinski definition) is 5. The molecular formula is C44H51FN8O6S. The first-order valence-corrected chi connectivity index (χ1v) is 21.2. The highest BCUT2D eigenvalue weighted by Crippen LogP contribution is 2.42. The molecule has 0 bridgehead atoms. The van der Waals surface area contributed by atoms with Crippen LogP contribution in [0.5, 0.6) is 11.5 Å². The number of aliphatic hydroxyl groups excluding tert-OH is 1. The lowest BCUT2D eigenvalue weighted by Crippen LogP contribution is -2.67. The summed E-state index contributed by atoms with van der Waals surface area (Å²) in [6.07, 6.45) is -0.727. The van der Waals surface area contributed by atoms with Gasteiger partial charge in [0.05, 0.1) is 27.9 Å². The molecule has 8 rings (SSSR count). The van der Waals surface area contributed by atoms with Crippen molar-refractivity contribution in [3.05, 3.63) is 77.1 Å². The van der Waals surface area contributed by atoms with Gasteiger partial charge < -0.3 is 35.5 Å². The van der Waals surface area contributed by atoms with E-state index in [4.69, 9.17) is 4.74 Å². The molecule has 3 aliphatic rings. The number of aromatic nitrogens is 4. The number of β-amino-alcohol motifs (C(OH)–C–C–N with tert-alkyl or cyclic N) is 1. The molecule has 0 radical (unpaired) electrons. The number of fused-ring (bicyclic) bond motifs is 1. The topological polar surface area (TPSA) is 186 Å². The molecule has 14 nitrogen and oxygen atoms in total. The Morgan fingerprint density at radius 3 is 2.52 bits per heavy atom. The molecular weight excluding hydrogens is 788 g/mol. The first-order valence-electron chi connectivity index (χ1n) is 20.3. The number of carbonyl (C=O) groups is 3. The number of para-hydroxylation sites is 1. The van der Waals surface area contributed by atoms with Crippen molar-refractivity contribution in [2.45, 2.75) is 89.7 Å². The van der Waals surface area contributed by atoms with Crippen LogP contribution in [0.4, 0.5) is 4.39 Å². The predicted molar refractivity (Wildman–Crippen MR) is 225 cm³/mol. The minimum absolute atomic E-state index is 0.0216. The van der Waals surface area contributed by atoms with Crippen molar-refractivity contribution in [2.75, 3.05) is 32.8 Å². The molecule has 3 fully saturated rings. The summed E-state index contributed by atoms with van der Waals surface area (Å²) in [5.41, 5.74) is 3.01. The number of aliphatic hydroxyl groups is 1. The maximum absolute atomic E-state index is 14.8. The highest BCUT2D eigenvalue weighted by atomic mass is 32.1. The molecule has 3 atom stereocenters. The van der Waals surface area contributed by atoms with Crippen molar-refractivity contribution in [1.82, 2.24) is 40.6 Å². The van der Waals surface area contributed by atoms with Gasteiger partial charge in [-0.15, -0.1) is 21.5 Å². The molecule has 0 spiro atoms. The summed E-state index contributed by atoms with van der Waals surface area (Å²) in [5, 5.41) is 36.3. The fraction of sp³-hybridized carbons (Fsp3) is 0.455. The fourth-order valence-electron chi connectivity index (χ4n) is 7.90. The van der Waals surface area contributed by atoms with E-state index in [1.54, 1.807) is 45.3 Å². The quantitative estimate of drug-likeness (QED) is 0.105. The van der Waals surface area contributed by atoms with E-state index in [-0.39, 0.29) is 44.0 Å². The molecule has 2 saturated heterocycles. The maximum atomic E-state index is 14.8. The Hall–Kier alpha value is -5.45. The minimum atomic E-state index is -1.99. The zero-order valence-electron chi connectivity index (χ0n) is 34.4. The standard InChI is InChI=1S/C44H51FN8O6S/c1-25-37(60-24-47-25)26-10-11-27(20-46-39(56)34-19-30(54)23-53(34)41(58)43(5,42(2,3)4)49-40(57)44(45)12-13-44)36(18-26)59-15-14-52-21-29(22-52)32-16-28-17-33(50-51-38(28)48-32)31-8-6-7-9-35(31)55/h6-11,16-18,24,29-30,34,54-55H,12-15,19-23H2,1-5H3,(H,46,56)(H,48,51)(H,49,57)/t30-,34+,43+/m1/s1. The second-order valence-electron chi connectivity index (χ2n) is 17.5. The van der Waals surface area contributed by atoms with Crippen LogP contribution >= 0.6 is 11.3 Å². The number of rotatable bonds is 13. The molecule has 5 aromatic rings. The highest BCUT2D eigenvalue weighted by Gasteiger charge is 2.57. The van der Waals surface area contributed by atoms with Crippen LogP contribution in [-0.4, -0.2) is 114 Å². The Morgan fingerprint density at radius 1 is 1.05 bits per heavy atom. The number of nitrogens with zero attached hydrogens (tertiary/aromatic N) is 5. The number of H-pyrrole nitrogens is 1. The van der Waals surface area contributed by atoms with Gasteiger partial charge in [-0.1, -0.05) is 45.0 Å². The number of hydrogen-bond acceptors (Lipinski definition) is 11. The average Bonchev–Trinajstić information content (AvgIpc) is 3.46. The van der Waals surface area contributed by atoms with E-state index in [1.807, 2.05) is 43.3 Å². The number of aryl methyl sites for hydroxylation is 1. The van der Waals surface area contributed by atoms with E-state index >= 15 is 0 Å². The maximum Gasteiger partial charge on any atom is 0.258 e. The lowest BCUT2D eigenvalue weighted by molar-refractivity contribution is -0.151. The van der Waals surface area contributed by atoms with Crippen molar-refractivity contribution >= 4 is 40.1 Å². The van der Waals surface area contributed by atoms with E-state index < -0.39 is 46.5 Å². The van der Waals surface area contributed by atoms with Crippen LogP contribution in [0.3, 0.4) is 0 Å². The largest absolute Gasteiger partial charge is 0.507 e. The van der Waals surface area contributed by atoms with Crippen LogP contribution in [-0.2, 0) is 20.9 Å². The summed E-state index contributed by atoms with van der Waals surface area (Å²) in [7, 11) is 0. The number of benzene rings is 2. The zero-order valence-corrected chi connectivity index (χ0v) is 35.2. The highest BCUT2D eigenvalue weighted by molar-refractivity contribution is 7.13. The molecule has 16 heteroatoms. The SMILES string of the molecule is Cc1ncsc1-c1ccc(CNC(=O)[C@@H]2C[C@@H](O)CN2C(=O)[C@](C)(NC(=O)C2(F)CC2)C(C)(C)C)c(OCCN2CC(c3cc4cc(-c5ccccc5O)nnc4[nH]3)C2)c1. The Bertz CT molecular complexity index is 2440. The summed E-state index contributed by atoms with van der Waals surface area (Å²) in [6.45, 7) is 11.6. The Kier molecular flexibility index (Phi) is 10.9. The summed E-state index contributed by atoms with van der Waals surface area (Å²) < 4.78 is 21.2. The van der Waals surface area contributed by atoms with E-state index in [0.29, 0.717) is 35.8 Å². The number of phenols is 1. The molecule has 60 heavy (non-hydrogen) atoms. The normalized spacial score (nSPS) is 20.1. The number of carbonyl (C=O) groups excluding carboxylic acids is 3. The number of nitrogens with one attached hydrogen (secondary N) is 3. The van der Waals surface area contributed by atoms with Crippen molar-refractivity contribution in [1.29, 1.82) is 0 Å². The summed E-state index contributed by atoms with van der Waals surface area (Å²) >= 11 is 1.53. The van der Waals surface area contributed by atoms with Crippen LogP contribution in [0.2, 0.25) is 0 Å². The summed E-state index contributed by atoms with van der Waals surface area (Å²) in [5.74, 6) is -0.797. The van der Waals surface area contributed by atoms with Gasteiger partial charge in [0.25, 0.3) is 5.91 Å². The number of alkyl halides is 1. The van der Waals surface area contributed by atoms with Crippen molar-refractivity contribution < 1.29 is 33.7 Å². The van der Waals surface area contributed by atoms with Gasteiger partial charge in [-0.2, -0.15) is 0 Å². The van der Waals surface area contributed by atoms with Crippen LogP contribution in [0.1, 0.15) is 69.8 Å². The van der Waals surface area contributed by atoms with Crippen LogP contribution in [0, 0.1) is 12.3 Å². The Balaban J connectivity index is 0.916. The van der Waals surface area contributed by atoms with Crippen LogP contribution in [0.15, 0.2) is 60.1 Å². The van der Waals surface area contributed by atoms with Gasteiger partial charge in [0.15, 0.2) is 11.3 Å². The molecule has 3 amide bonds. The third-order valence-electron chi connectivity index (χ3n) is 12.4. The van der Waals surface area contributed by atoms with Gasteiger partial charge in [-0.25, -0.2) is 9.37 Å². The lowest BCUT2D eigenvalue weighted by Gasteiger charge is -2.44. The van der Waals surface area contributed by atoms with Gasteiger partial charge in [0, 0.05) is 67.3 Å². The van der Waals surface area contributed by atoms with Gasteiger partial charge >= 0.3 is 0 Å². The number of thiazole rings is 1.